The lowest BCUT2D eigenvalue weighted by Crippen LogP contribution is -2.50. The molecule has 2 atom stereocenters. The molecule has 2 aromatic rings. The lowest BCUT2D eigenvalue weighted by molar-refractivity contribution is -0.130. The largest absolute Gasteiger partial charge is 0.376 e. The van der Waals surface area contributed by atoms with Crippen LogP contribution >= 0.6 is 11.8 Å². The standard InChI is InChI=1S/C23H32N4O2S/c1-17-18(2)27(16-21-10-7-15-29-21)23(24-17)30-19(3)22(28)26-13-11-25(12-14-26)20-8-5-4-6-9-20/h4-6,8-9,19,21H,7,10-16H2,1-3H3/t19-,21-/m0/s1. The molecule has 2 fully saturated rings. The molecule has 0 radical (unpaired) electrons. The molecular formula is C23H32N4O2S. The Labute approximate surface area is 183 Å². The fraction of sp³-hybridized carbons (Fsp3) is 0.565. The molecule has 2 saturated heterocycles. The van der Waals surface area contributed by atoms with Crippen molar-refractivity contribution >= 4 is 23.4 Å². The fourth-order valence-corrected chi connectivity index (χ4v) is 5.30. The first kappa shape index (κ1) is 21.2. The first-order valence-corrected chi connectivity index (χ1v) is 11.8. The molecule has 2 aliphatic heterocycles. The Kier molecular flexibility index (Phi) is 6.68. The van der Waals surface area contributed by atoms with Crippen LogP contribution in [0.4, 0.5) is 5.69 Å². The van der Waals surface area contributed by atoms with E-state index < -0.39 is 0 Å². The van der Waals surface area contributed by atoms with Gasteiger partial charge in [-0.05, 0) is 45.7 Å². The summed E-state index contributed by atoms with van der Waals surface area (Å²) in [6.07, 6.45) is 2.48. The van der Waals surface area contributed by atoms with E-state index in [1.54, 1.807) is 11.8 Å². The summed E-state index contributed by atoms with van der Waals surface area (Å²) in [4.78, 5) is 22.2. The van der Waals surface area contributed by atoms with E-state index in [9.17, 15) is 4.79 Å². The van der Waals surface area contributed by atoms with Gasteiger partial charge in [0.2, 0.25) is 5.91 Å². The Morgan fingerprint density at radius 1 is 1.20 bits per heavy atom. The quantitative estimate of drug-likeness (QED) is 0.659. The van der Waals surface area contributed by atoms with Crippen LogP contribution in [0.2, 0.25) is 0 Å². The molecule has 0 saturated carbocycles. The van der Waals surface area contributed by atoms with Gasteiger partial charge in [-0.15, -0.1) is 0 Å². The molecule has 0 spiro atoms. The van der Waals surface area contributed by atoms with E-state index in [4.69, 9.17) is 9.72 Å². The predicted molar refractivity (Wildman–Crippen MR) is 121 cm³/mol. The smallest absolute Gasteiger partial charge is 0.236 e. The third-order valence-corrected chi connectivity index (χ3v) is 7.25. The van der Waals surface area contributed by atoms with E-state index in [-0.39, 0.29) is 17.3 Å². The number of carbonyl (C=O) groups excluding carboxylic acids is 1. The van der Waals surface area contributed by atoms with Gasteiger partial charge in [0.1, 0.15) is 0 Å². The minimum atomic E-state index is -0.155. The van der Waals surface area contributed by atoms with Crippen LogP contribution in [0.5, 0.6) is 0 Å². The monoisotopic (exact) mass is 428 g/mol. The summed E-state index contributed by atoms with van der Waals surface area (Å²) in [7, 11) is 0. The second-order valence-corrected chi connectivity index (χ2v) is 9.53. The Morgan fingerprint density at radius 2 is 1.93 bits per heavy atom. The number of benzene rings is 1. The van der Waals surface area contributed by atoms with Crippen molar-refractivity contribution in [3.05, 3.63) is 41.7 Å². The molecule has 4 rings (SSSR count). The predicted octanol–water partition coefficient (Wildman–Crippen LogP) is 3.51. The number of thioether (sulfide) groups is 1. The summed E-state index contributed by atoms with van der Waals surface area (Å²) in [6, 6.07) is 10.4. The molecule has 0 N–H and O–H groups in total. The highest BCUT2D eigenvalue weighted by Gasteiger charge is 2.28. The third kappa shape index (κ3) is 4.67. The third-order valence-electron chi connectivity index (χ3n) is 6.18. The zero-order chi connectivity index (χ0) is 21.1. The number of rotatable bonds is 6. The Bertz CT molecular complexity index is 856. The maximum absolute atomic E-state index is 13.1. The molecule has 162 valence electrons. The van der Waals surface area contributed by atoms with Gasteiger partial charge in [-0.25, -0.2) is 4.98 Å². The lowest BCUT2D eigenvalue weighted by Gasteiger charge is -2.37. The number of ether oxygens (including phenoxy) is 1. The van der Waals surface area contributed by atoms with Crippen LogP contribution < -0.4 is 4.90 Å². The minimum Gasteiger partial charge on any atom is -0.376 e. The Balaban J connectivity index is 1.36. The molecule has 3 heterocycles. The van der Waals surface area contributed by atoms with Crippen LogP contribution in [0.15, 0.2) is 35.5 Å². The number of anilines is 1. The van der Waals surface area contributed by atoms with Gasteiger partial charge in [-0.3, -0.25) is 4.79 Å². The van der Waals surface area contributed by atoms with Crippen molar-refractivity contribution in [2.45, 2.75) is 56.7 Å². The first-order chi connectivity index (χ1) is 14.5. The molecule has 1 aromatic carbocycles. The number of hydrogen-bond donors (Lipinski definition) is 0. The van der Waals surface area contributed by atoms with Gasteiger partial charge in [0.25, 0.3) is 0 Å². The van der Waals surface area contributed by atoms with Gasteiger partial charge in [-0.2, -0.15) is 0 Å². The first-order valence-electron chi connectivity index (χ1n) is 10.9. The number of aromatic nitrogens is 2. The highest BCUT2D eigenvalue weighted by Crippen LogP contribution is 2.28. The van der Waals surface area contributed by atoms with Crippen LogP contribution in [-0.2, 0) is 16.1 Å². The number of aryl methyl sites for hydroxylation is 1. The van der Waals surface area contributed by atoms with Gasteiger partial charge >= 0.3 is 0 Å². The Morgan fingerprint density at radius 3 is 2.60 bits per heavy atom. The number of amides is 1. The van der Waals surface area contributed by atoms with Crippen LogP contribution in [0.1, 0.15) is 31.2 Å². The number of nitrogens with zero attached hydrogens (tertiary/aromatic N) is 4. The second kappa shape index (κ2) is 9.43. The maximum atomic E-state index is 13.1. The molecule has 0 bridgehead atoms. The van der Waals surface area contributed by atoms with Gasteiger partial charge in [0, 0.05) is 44.2 Å². The zero-order valence-corrected chi connectivity index (χ0v) is 19.0. The summed E-state index contributed by atoms with van der Waals surface area (Å²) >= 11 is 1.58. The molecule has 2 aliphatic rings. The summed E-state index contributed by atoms with van der Waals surface area (Å²) in [6.45, 7) is 11.1. The van der Waals surface area contributed by atoms with E-state index >= 15 is 0 Å². The van der Waals surface area contributed by atoms with Gasteiger partial charge in [0.15, 0.2) is 5.16 Å². The van der Waals surface area contributed by atoms with Crippen molar-refractivity contribution in [1.29, 1.82) is 0 Å². The van der Waals surface area contributed by atoms with Crippen molar-refractivity contribution in [1.82, 2.24) is 14.5 Å². The SMILES string of the molecule is Cc1nc(S[C@@H](C)C(=O)N2CCN(c3ccccc3)CC2)n(C[C@@H]2CCCO2)c1C. The average molecular weight is 429 g/mol. The Hall–Kier alpha value is -1.99. The van der Waals surface area contributed by atoms with E-state index in [2.05, 4.69) is 40.7 Å². The molecule has 7 heteroatoms. The van der Waals surface area contributed by atoms with Crippen LogP contribution in [0, 0.1) is 13.8 Å². The minimum absolute atomic E-state index is 0.155. The molecule has 6 nitrogen and oxygen atoms in total. The van der Waals surface area contributed by atoms with Gasteiger partial charge in [-0.1, -0.05) is 30.0 Å². The van der Waals surface area contributed by atoms with E-state index in [0.29, 0.717) is 0 Å². The maximum Gasteiger partial charge on any atom is 0.236 e. The number of imidazole rings is 1. The van der Waals surface area contributed by atoms with Crippen LogP contribution in [-0.4, -0.2) is 64.5 Å². The molecule has 0 unspecified atom stereocenters. The molecule has 1 amide bonds. The highest BCUT2D eigenvalue weighted by molar-refractivity contribution is 8.00. The lowest BCUT2D eigenvalue weighted by atomic mass is 10.2. The van der Waals surface area contributed by atoms with E-state index in [1.165, 1.54) is 11.4 Å². The molecule has 0 aliphatic carbocycles. The number of para-hydroxylation sites is 1. The van der Waals surface area contributed by atoms with Gasteiger partial charge in [0.05, 0.1) is 23.6 Å². The zero-order valence-electron chi connectivity index (χ0n) is 18.2. The normalized spacial score (nSPS) is 20.6. The van der Waals surface area contributed by atoms with Crippen molar-refractivity contribution in [3.63, 3.8) is 0 Å². The van der Waals surface area contributed by atoms with Crippen LogP contribution in [0.25, 0.3) is 0 Å². The molecule has 1 aromatic heterocycles. The number of carbonyl (C=O) groups is 1. The van der Waals surface area contributed by atoms with Gasteiger partial charge < -0.3 is 19.1 Å². The second-order valence-electron chi connectivity index (χ2n) is 8.22. The van der Waals surface area contributed by atoms with Crippen molar-refractivity contribution in [2.24, 2.45) is 0 Å². The average Bonchev–Trinajstić information content (AvgIpc) is 3.38. The summed E-state index contributed by atoms with van der Waals surface area (Å²) in [5.41, 5.74) is 3.44. The highest BCUT2D eigenvalue weighted by atomic mass is 32.2. The number of piperazine rings is 1. The fourth-order valence-electron chi connectivity index (χ4n) is 4.21. The molecular weight excluding hydrogens is 396 g/mol. The van der Waals surface area contributed by atoms with Crippen molar-refractivity contribution in [3.8, 4) is 0 Å². The van der Waals surface area contributed by atoms with Crippen LogP contribution in [0.3, 0.4) is 0 Å². The van der Waals surface area contributed by atoms with Crippen molar-refractivity contribution in [2.75, 3.05) is 37.7 Å². The molecule has 30 heavy (non-hydrogen) atoms. The summed E-state index contributed by atoms with van der Waals surface area (Å²) in [5, 5.41) is 0.780. The van der Waals surface area contributed by atoms with Crippen molar-refractivity contribution < 1.29 is 9.53 Å². The number of hydrogen-bond acceptors (Lipinski definition) is 5. The van der Waals surface area contributed by atoms with E-state index in [0.717, 1.165) is 63.0 Å². The summed E-state index contributed by atoms with van der Waals surface area (Å²) < 4.78 is 8.08. The van der Waals surface area contributed by atoms with E-state index in [1.807, 2.05) is 24.8 Å². The summed E-state index contributed by atoms with van der Waals surface area (Å²) in [5.74, 6) is 0.203. The topological polar surface area (TPSA) is 50.6 Å².